The molecule has 2 fully saturated rings. The number of halogens is 2. The van der Waals surface area contributed by atoms with Crippen LogP contribution in [-0.4, -0.2) is 23.8 Å². The van der Waals surface area contributed by atoms with Gasteiger partial charge in [0.05, 0.1) is 11.8 Å². The van der Waals surface area contributed by atoms with Gasteiger partial charge in [0, 0.05) is 41.8 Å². The van der Waals surface area contributed by atoms with Crippen molar-refractivity contribution in [2.24, 2.45) is 11.8 Å². The molecule has 0 spiro atoms. The highest BCUT2D eigenvalue weighted by Gasteiger charge is 2.49. The second kappa shape index (κ2) is 8.76. The summed E-state index contributed by atoms with van der Waals surface area (Å²) in [7, 11) is 0. The fraction of sp³-hybridized carbons (Fsp3) is 0.269. The summed E-state index contributed by atoms with van der Waals surface area (Å²) < 4.78 is 0. The number of benzene rings is 3. The highest BCUT2D eigenvalue weighted by molar-refractivity contribution is 6.31. The largest absolute Gasteiger partial charge is 0.302 e. The van der Waals surface area contributed by atoms with Crippen LogP contribution in [0.1, 0.15) is 28.8 Å². The maximum atomic E-state index is 13.6. The molecule has 0 aromatic heterocycles. The molecule has 2 bridgehead atoms. The molecule has 0 aliphatic carbocycles. The Labute approximate surface area is 193 Å². The molecule has 3 aromatic carbocycles. The number of hydrogen-bond donors (Lipinski definition) is 1. The van der Waals surface area contributed by atoms with Crippen LogP contribution in [0.3, 0.4) is 0 Å². The lowest BCUT2D eigenvalue weighted by Crippen LogP contribution is -2.59. The summed E-state index contributed by atoms with van der Waals surface area (Å²) in [5, 5.41) is 5.14. The lowest BCUT2D eigenvalue weighted by Gasteiger charge is -2.49. The molecule has 4 atom stereocenters. The minimum atomic E-state index is -0.155. The van der Waals surface area contributed by atoms with Gasteiger partial charge in [-0.1, -0.05) is 89.9 Å². The zero-order chi connectivity index (χ0) is 21.4. The molecule has 0 radical (unpaired) electrons. The van der Waals surface area contributed by atoms with E-state index in [9.17, 15) is 4.79 Å². The van der Waals surface area contributed by atoms with Crippen molar-refractivity contribution < 1.29 is 4.79 Å². The Morgan fingerprint density at radius 3 is 1.74 bits per heavy atom. The van der Waals surface area contributed by atoms with Crippen LogP contribution in [0.5, 0.6) is 0 Å². The van der Waals surface area contributed by atoms with Gasteiger partial charge in [0.1, 0.15) is 5.78 Å². The molecule has 5 rings (SSSR count). The molecule has 158 valence electrons. The summed E-state index contributed by atoms with van der Waals surface area (Å²) in [4.78, 5) is 16.0. The average Bonchev–Trinajstić information content (AvgIpc) is 2.77. The monoisotopic (exact) mass is 450 g/mol. The van der Waals surface area contributed by atoms with Crippen LogP contribution >= 0.6 is 23.2 Å². The molecule has 2 heterocycles. The first-order valence-corrected chi connectivity index (χ1v) is 11.4. The first-order chi connectivity index (χ1) is 15.1. The van der Waals surface area contributed by atoms with E-state index in [4.69, 9.17) is 23.2 Å². The molecule has 2 saturated heterocycles. The molecular weight excluding hydrogens is 427 g/mol. The summed E-state index contributed by atoms with van der Waals surface area (Å²) in [5.74, 6) is 0.0000936. The summed E-state index contributed by atoms with van der Waals surface area (Å²) in [6.07, 6.45) is 0. The van der Waals surface area contributed by atoms with Gasteiger partial charge in [-0.3, -0.25) is 9.69 Å². The molecule has 4 unspecified atom stereocenters. The topological polar surface area (TPSA) is 32.3 Å². The van der Waals surface area contributed by atoms with Gasteiger partial charge in [0.2, 0.25) is 0 Å². The van der Waals surface area contributed by atoms with E-state index in [0.29, 0.717) is 28.9 Å². The normalized spacial score (nSPS) is 26.1. The number of nitrogens with zero attached hydrogens (tertiary/aromatic N) is 1. The Bertz CT molecular complexity index is 1020. The number of Topliss-reactive ketones (excluding diaryl/α,β-unsaturated/α-hetero) is 1. The van der Waals surface area contributed by atoms with Crippen LogP contribution in [0.4, 0.5) is 0 Å². The van der Waals surface area contributed by atoms with Crippen LogP contribution in [-0.2, 0) is 11.3 Å². The van der Waals surface area contributed by atoms with E-state index in [2.05, 4.69) is 34.5 Å². The zero-order valence-corrected chi connectivity index (χ0v) is 18.6. The first-order valence-electron chi connectivity index (χ1n) is 10.7. The number of rotatable bonds is 4. The zero-order valence-electron chi connectivity index (χ0n) is 17.0. The predicted octanol–water partition coefficient (Wildman–Crippen LogP) is 5.70. The van der Waals surface area contributed by atoms with Gasteiger partial charge in [-0.15, -0.1) is 0 Å². The van der Waals surface area contributed by atoms with E-state index >= 15 is 0 Å². The number of fused-ring (bicyclic) bond motifs is 2. The number of carbonyl (C=O) groups is 1. The summed E-state index contributed by atoms with van der Waals surface area (Å²) in [6, 6.07) is 25.8. The van der Waals surface area contributed by atoms with Crippen LogP contribution in [0, 0.1) is 11.8 Å². The van der Waals surface area contributed by atoms with Crippen molar-refractivity contribution in [2.45, 2.75) is 18.6 Å². The average molecular weight is 451 g/mol. The number of piperidine rings is 2. The Balaban J connectivity index is 1.54. The van der Waals surface area contributed by atoms with E-state index in [1.807, 2.05) is 54.6 Å². The SMILES string of the molecule is O=C1C2CN(Cc3ccccc3)CC1C(c1ccccc1Cl)NC2c1ccccc1Cl. The number of carbonyl (C=O) groups excluding carboxylic acids is 1. The van der Waals surface area contributed by atoms with Gasteiger partial charge in [-0.2, -0.15) is 0 Å². The number of likely N-dealkylation sites (tertiary alicyclic amines) is 1. The minimum absolute atomic E-state index is 0.152. The summed E-state index contributed by atoms with van der Waals surface area (Å²) in [5.41, 5.74) is 3.20. The second-order valence-electron chi connectivity index (χ2n) is 8.46. The molecule has 3 aromatic rings. The van der Waals surface area contributed by atoms with Crippen LogP contribution in [0.2, 0.25) is 10.0 Å². The van der Waals surface area contributed by atoms with Crippen LogP contribution in [0.25, 0.3) is 0 Å². The Morgan fingerprint density at radius 2 is 1.23 bits per heavy atom. The van der Waals surface area contributed by atoms with Gasteiger partial charge in [0.25, 0.3) is 0 Å². The Morgan fingerprint density at radius 1 is 0.742 bits per heavy atom. The molecule has 1 N–H and O–H groups in total. The molecule has 3 nitrogen and oxygen atoms in total. The van der Waals surface area contributed by atoms with Crippen molar-refractivity contribution >= 4 is 29.0 Å². The smallest absolute Gasteiger partial charge is 0.145 e. The molecule has 2 aliphatic rings. The first kappa shape index (κ1) is 20.7. The fourth-order valence-electron chi connectivity index (χ4n) is 5.09. The summed E-state index contributed by atoms with van der Waals surface area (Å²) in [6.45, 7) is 2.25. The predicted molar refractivity (Wildman–Crippen MR) is 125 cm³/mol. The number of hydrogen-bond acceptors (Lipinski definition) is 3. The molecule has 0 saturated carbocycles. The molecule has 31 heavy (non-hydrogen) atoms. The van der Waals surface area contributed by atoms with E-state index in [1.165, 1.54) is 5.56 Å². The van der Waals surface area contributed by atoms with Crippen molar-refractivity contribution in [1.29, 1.82) is 0 Å². The third-order valence-electron chi connectivity index (χ3n) is 6.53. The van der Waals surface area contributed by atoms with Crippen molar-refractivity contribution in [1.82, 2.24) is 10.2 Å². The highest BCUT2D eigenvalue weighted by Crippen LogP contribution is 2.44. The van der Waals surface area contributed by atoms with Gasteiger partial charge >= 0.3 is 0 Å². The molecular formula is C26H24Cl2N2O. The summed E-state index contributed by atoms with van der Waals surface area (Å²) >= 11 is 13.2. The Kier molecular flexibility index (Phi) is 5.85. The third-order valence-corrected chi connectivity index (χ3v) is 7.22. The van der Waals surface area contributed by atoms with Gasteiger partial charge in [-0.25, -0.2) is 0 Å². The van der Waals surface area contributed by atoms with Gasteiger partial charge in [0.15, 0.2) is 0 Å². The van der Waals surface area contributed by atoms with Crippen molar-refractivity contribution in [3.8, 4) is 0 Å². The maximum absolute atomic E-state index is 13.6. The lowest BCUT2D eigenvalue weighted by atomic mass is 9.71. The van der Waals surface area contributed by atoms with Crippen molar-refractivity contribution in [2.75, 3.05) is 13.1 Å². The fourth-order valence-corrected chi connectivity index (χ4v) is 5.60. The Hall–Kier alpha value is -2.17. The minimum Gasteiger partial charge on any atom is -0.302 e. The number of nitrogens with one attached hydrogen (secondary N) is 1. The highest BCUT2D eigenvalue weighted by atomic mass is 35.5. The van der Waals surface area contributed by atoms with E-state index in [0.717, 1.165) is 17.7 Å². The van der Waals surface area contributed by atoms with Gasteiger partial charge < -0.3 is 5.32 Å². The molecule has 0 amide bonds. The third kappa shape index (κ3) is 4.04. The van der Waals surface area contributed by atoms with Gasteiger partial charge in [-0.05, 0) is 28.8 Å². The molecule has 5 heteroatoms. The second-order valence-corrected chi connectivity index (χ2v) is 9.27. The van der Waals surface area contributed by atoms with E-state index < -0.39 is 0 Å². The molecule has 2 aliphatic heterocycles. The maximum Gasteiger partial charge on any atom is 0.145 e. The van der Waals surface area contributed by atoms with Crippen LogP contribution < -0.4 is 5.32 Å². The quantitative estimate of drug-likeness (QED) is 0.553. The van der Waals surface area contributed by atoms with Crippen LogP contribution in [0.15, 0.2) is 78.9 Å². The van der Waals surface area contributed by atoms with Crippen molar-refractivity contribution in [3.05, 3.63) is 106 Å². The van der Waals surface area contributed by atoms with Crippen molar-refractivity contribution in [3.63, 3.8) is 0 Å². The standard InChI is InChI=1S/C26H24Cl2N2O/c27-22-12-6-4-10-18(22)24-20-15-30(14-17-8-2-1-3-9-17)16-21(26(20)31)25(29-24)19-11-5-7-13-23(19)28/h1-13,20-21,24-25,29H,14-16H2. The van der Waals surface area contributed by atoms with E-state index in [1.54, 1.807) is 0 Å². The number of ketones is 1. The van der Waals surface area contributed by atoms with E-state index in [-0.39, 0.29) is 23.9 Å². The lowest BCUT2D eigenvalue weighted by molar-refractivity contribution is -0.138.